The molecule has 3 N–H and O–H groups in total. The number of rotatable bonds is 10. The van der Waals surface area contributed by atoms with E-state index < -0.39 is 30.1 Å². The van der Waals surface area contributed by atoms with Crippen LogP contribution in [0.25, 0.3) is 11.1 Å². The molecule has 0 aromatic heterocycles. The Morgan fingerprint density at radius 2 is 1.65 bits per heavy atom. The summed E-state index contributed by atoms with van der Waals surface area (Å²) < 4.78 is 5.52. The van der Waals surface area contributed by atoms with Crippen molar-refractivity contribution >= 4 is 29.7 Å². The van der Waals surface area contributed by atoms with Crippen LogP contribution in [0.1, 0.15) is 36.8 Å². The molecule has 2 amide bonds. The minimum absolute atomic E-state index is 0.0431. The van der Waals surface area contributed by atoms with Crippen LogP contribution in [-0.4, -0.2) is 53.8 Å². The average molecular weight is 481 g/mol. The highest BCUT2D eigenvalue weighted by atomic mass is 32.2. The van der Waals surface area contributed by atoms with Gasteiger partial charge in [-0.3, -0.25) is 4.79 Å². The number of thioether (sulfide) groups is 1. The van der Waals surface area contributed by atoms with E-state index in [9.17, 15) is 19.5 Å². The van der Waals surface area contributed by atoms with E-state index in [1.165, 1.54) is 11.8 Å². The van der Waals surface area contributed by atoms with E-state index in [-0.39, 0.29) is 25.4 Å². The molecule has 0 heterocycles. The van der Waals surface area contributed by atoms with E-state index in [1.807, 2.05) is 54.8 Å². The predicted molar refractivity (Wildman–Crippen MR) is 133 cm³/mol. The highest BCUT2D eigenvalue weighted by Crippen LogP contribution is 2.44. The lowest BCUT2D eigenvalue weighted by Crippen LogP contribution is -2.51. The Labute approximate surface area is 203 Å². The number of amides is 2. The molecule has 0 bridgehead atoms. The van der Waals surface area contributed by atoms with Crippen molar-refractivity contribution < 1.29 is 24.2 Å². The minimum Gasteiger partial charge on any atom is -0.480 e. The molecule has 2 atom stereocenters. The minimum atomic E-state index is -1.12. The Kier molecular flexibility index (Phi) is 9.00. The van der Waals surface area contributed by atoms with Gasteiger partial charge in [0, 0.05) is 12.3 Å². The third kappa shape index (κ3) is 6.12. The molecule has 0 saturated carbocycles. The van der Waals surface area contributed by atoms with Gasteiger partial charge in [-0.15, -0.1) is 11.8 Å². The number of aliphatic carboxylic acids is 1. The van der Waals surface area contributed by atoms with Crippen molar-refractivity contribution in [2.75, 3.05) is 18.6 Å². The zero-order valence-corrected chi connectivity index (χ0v) is 20.0. The largest absolute Gasteiger partial charge is 0.480 e. The van der Waals surface area contributed by atoms with Crippen molar-refractivity contribution in [3.8, 4) is 23.0 Å². The fourth-order valence-electron chi connectivity index (χ4n) is 3.96. The summed E-state index contributed by atoms with van der Waals surface area (Å²) >= 11 is 1.49. The van der Waals surface area contributed by atoms with Gasteiger partial charge >= 0.3 is 12.1 Å². The maximum absolute atomic E-state index is 12.7. The van der Waals surface area contributed by atoms with Gasteiger partial charge in [0.1, 0.15) is 18.7 Å². The van der Waals surface area contributed by atoms with E-state index in [1.54, 1.807) is 6.92 Å². The number of ether oxygens (including phenoxy) is 1. The van der Waals surface area contributed by atoms with Crippen LogP contribution < -0.4 is 10.6 Å². The first-order valence-corrected chi connectivity index (χ1v) is 12.4. The molecule has 2 aromatic rings. The van der Waals surface area contributed by atoms with E-state index in [4.69, 9.17) is 4.74 Å². The molecule has 0 saturated heterocycles. The first kappa shape index (κ1) is 25.2. The quantitative estimate of drug-likeness (QED) is 0.449. The van der Waals surface area contributed by atoms with Gasteiger partial charge in [0.2, 0.25) is 5.91 Å². The summed E-state index contributed by atoms with van der Waals surface area (Å²) in [5, 5.41) is 14.4. The summed E-state index contributed by atoms with van der Waals surface area (Å²) in [4.78, 5) is 36.8. The van der Waals surface area contributed by atoms with Gasteiger partial charge in [-0.1, -0.05) is 48.5 Å². The number of hydrogen-bond acceptors (Lipinski definition) is 5. The number of carbonyl (C=O) groups is 3. The molecule has 0 aliphatic heterocycles. The molecule has 7 nitrogen and oxygen atoms in total. The van der Waals surface area contributed by atoms with Gasteiger partial charge in [-0.05, 0) is 47.6 Å². The van der Waals surface area contributed by atoms with E-state index in [0.29, 0.717) is 5.75 Å². The molecular formula is C26H28N2O5S. The van der Waals surface area contributed by atoms with Crippen molar-refractivity contribution in [3.63, 3.8) is 0 Å². The van der Waals surface area contributed by atoms with Crippen LogP contribution in [0.5, 0.6) is 0 Å². The van der Waals surface area contributed by atoms with Crippen LogP contribution in [0.4, 0.5) is 4.79 Å². The molecule has 1 aliphatic rings. The van der Waals surface area contributed by atoms with Crippen LogP contribution in [-0.2, 0) is 14.3 Å². The van der Waals surface area contributed by atoms with Gasteiger partial charge < -0.3 is 20.5 Å². The fraction of sp³-hybridized carbons (Fsp3) is 0.346. The monoisotopic (exact) mass is 480 g/mol. The van der Waals surface area contributed by atoms with Gasteiger partial charge in [0.15, 0.2) is 0 Å². The van der Waals surface area contributed by atoms with E-state index >= 15 is 0 Å². The second-order valence-electron chi connectivity index (χ2n) is 7.83. The summed E-state index contributed by atoms with van der Waals surface area (Å²) in [7, 11) is 0. The summed E-state index contributed by atoms with van der Waals surface area (Å²) in [5.74, 6) is 4.21. The highest BCUT2D eigenvalue weighted by Gasteiger charge is 2.30. The van der Waals surface area contributed by atoms with Gasteiger partial charge in [-0.2, -0.15) is 11.8 Å². The Balaban J connectivity index is 1.65. The molecule has 0 fully saturated rings. The number of carboxylic acid groups (broad SMARTS) is 1. The zero-order valence-electron chi connectivity index (χ0n) is 19.2. The number of fused-ring (bicyclic) bond motifs is 3. The lowest BCUT2D eigenvalue weighted by molar-refractivity contribution is -0.142. The SMILES string of the molecule is CC#CCC(NC(=O)OCC1c2ccccc2-c2ccccc21)C(=O)N[C@@H](CCSC)C(=O)O. The molecule has 3 rings (SSSR count). The molecule has 2 aromatic carbocycles. The van der Waals surface area contributed by atoms with Crippen molar-refractivity contribution in [1.82, 2.24) is 10.6 Å². The molecule has 0 spiro atoms. The molecule has 34 heavy (non-hydrogen) atoms. The Morgan fingerprint density at radius 3 is 2.21 bits per heavy atom. The van der Waals surface area contributed by atoms with Gasteiger partial charge in [0.25, 0.3) is 0 Å². The normalized spacial score (nSPS) is 13.5. The summed E-state index contributed by atoms with van der Waals surface area (Å²) in [5.41, 5.74) is 4.40. The van der Waals surface area contributed by atoms with Crippen LogP contribution in [0.3, 0.4) is 0 Å². The second kappa shape index (κ2) is 12.1. The molecular weight excluding hydrogens is 452 g/mol. The van der Waals surface area contributed by atoms with Crippen molar-refractivity contribution in [2.24, 2.45) is 0 Å². The average Bonchev–Trinajstić information content (AvgIpc) is 3.16. The Bertz CT molecular complexity index is 1060. The lowest BCUT2D eigenvalue weighted by Gasteiger charge is -2.20. The molecule has 1 unspecified atom stereocenters. The van der Waals surface area contributed by atoms with E-state index in [0.717, 1.165) is 22.3 Å². The highest BCUT2D eigenvalue weighted by molar-refractivity contribution is 7.98. The molecule has 1 aliphatic carbocycles. The van der Waals surface area contributed by atoms with Crippen molar-refractivity contribution in [3.05, 3.63) is 59.7 Å². The molecule has 178 valence electrons. The van der Waals surface area contributed by atoms with Gasteiger partial charge in [-0.25, -0.2) is 9.59 Å². The number of carboxylic acids is 1. The van der Waals surface area contributed by atoms with Crippen molar-refractivity contribution in [2.45, 2.75) is 37.8 Å². The van der Waals surface area contributed by atoms with Crippen LogP contribution in [0, 0.1) is 11.8 Å². The first-order chi connectivity index (χ1) is 16.5. The van der Waals surface area contributed by atoms with Gasteiger partial charge in [0.05, 0.1) is 0 Å². The molecule has 0 radical (unpaired) electrons. The summed E-state index contributed by atoms with van der Waals surface area (Å²) in [6, 6.07) is 13.9. The first-order valence-electron chi connectivity index (χ1n) is 11.0. The Morgan fingerprint density at radius 1 is 1.03 bits per heavy atom. The maximum Gasteiger partial charge on any atom is 0.407 e. The van der Waals surface area contributed by atoms with Crippen LogP contribution >= 0.6 is 11.8 Å². The topological polar surface area (TPSA) is 105 Å². The summed E-state index contributed by atoms with van der Waals surface area (Å²) in [6.45, 7) is 1.74. The number of nitrogens with one attached hydrogen (secondary N) is 2. The zero-order chi connectivity index (χ0) is 24.5. The summed E-state index contributed by atoms with van der Waals surface area (Å²) in [6.07, 6.45) is 1.43. The van der Waals surface area contributed by atoms with E-state index in [2.05, 4.69) is 22.5 Å². The number of carbonyl (C=O) groups excluding carboxylic acids is 2. The Hall–Kier alpha value is -3.44. The van der Waals surface area contributed by atoms with Crippen LogP contribution in [0.15, 0.2) is 48.5 Å². The fourth-order valence-corrected chi connectivity index (χ4v) is 4.43. The third-order valence-corrected chi connectivity index (χ3v) is 6.30. The predicted octanol–water partition coefficient (Wildman–Crippen LogP) is 3.63. The lowest BCUT2D eigenvalue weighted by atomic mass is 9.98. The molecule has 8 heteroatoms. The van der Waals surface area contributed by atoms with Crippen molar-refractivity contribution in [1.29, 1.82) is 0 Å². The standard InChI is InChI=1S/C26H28N2O5S/c1-3-4-13-22(24(29)27-23(25(30)31)14-15-34-2)28-26(32)33-16-21-19-11-7-5-9-17(19)18-10-6-8-12-20(18)21/h5-12,21-23H,13-16H2,1-2H3,(H,27,29)(H,28,32)(H,30,31)/t22?,23-/m0/s1. The number of hydrogen-bond donors (Lipinski definition) is 3. The third-order valence-electron chi connectivity index (χ3n) is 5.66. The number of benzene rings is 2. The maximum atomic E-state index is 12.7. The number of alkyl carbamates (subject to hydrolysis) is 1. The van der Waals surface area contributed by atoms with Crippen LogP contribution in [0.2, 0.25) is 0 Å². The smallest absolute Gasteiger partial charge is 0.407 e. The second-order valence-corrected chi connectivity index (χ2v) is 8.82.